The molecule has 0 fully saturated rings. The summed E-state index contributed by atoms with van der Waals surface area (Å²) in [5.74, 6) is 0.673. The van der Waals surface area contributed by atoms with Gasteiger partial charge >= 0.3 is 0 Å². The molecule has 0 radical (unpaired) electrons. The number of rotatable bonds is 8. The first-order chi connectivity index (χ1) is 33.7. The van der Waals surface area contributed by atoms with E-state index in [0.717, 1.165) is 61.1 Å². The minimum absolute atomic E-state index is 0.601. The van der Waals surface area contributed by atoms with E-state index in [-0.39, 0.29) is 0 Å². The van der Waals surface area contributed by atoms with Crippen LogP contribution in [0.2, 0.25) is 0 Å². The van der Waals surface area contributed by atoms with E-state index in [0.29, 0.717) is 5.82 Å². The zero-order valence-corrected chi connectivity index (χ0v) is 37.1. The second kappa shape index (κ2) is 16.2. The Bertz CT molecular complexity index is 3780. The molecule has 0 N–H and O–H groups in total. The van der Waals surface area contributed by atoms with Crippen LogP contribution in [0, 0.1) is 0 Å². The van der Waals surface area contributed by atoms with Gasteiger partial charge in [0, 0.05) is 27.5 Å². The first-order valence-corrected chi connectivity index (χ1v) is 23.2. The number of furan rings is 1. The molecule has 0 saturated heterocycles. The van der Waals surface area contributed by atoms with Crippen molar-refractivity contribution in [1.82, 2.24) is 9.97 Å². The van der Waals surface area contributed by atoms with E-state index in [1.54, 1.807) is 0 Å². The molecule has 3 nitrogen and oxygen atoms in total. The number of benzene rings is 10. The van der Waals surface area contributed by atoms with Gasteiger partial charge < -0.3 is 4.42 Å². The molecule has 0 aliphatic heterocycles. The van der Waals surface area contributed by atoms with Crippen molar-refractivity contribution in [3.8, 4) is 78.4 Å². The van der Waals surface area contributed by atoms with Gasteiger partial charge in [0.15, 0.2) is 5.82 Å². The van der Waals surface area contributed by atoms with Crippen molar-refractivity contribution in [3.05, 3.63) is 277 Å². The zero-order chi connectivity index (χ0) is 45.0. The molecule has 3 heteroatoms. The molecule has 0 bridgehead atoms. The van der Waals surface area contributed by atoms with Crippen LogP contribution < -0.4 is 0 Å². The summed E-state index contributed by atoms with van der Waals surface area (Å²) in [6.45, 7) is 0. The average molecular weight is 867 g/mol. The normalized spacial score (nSPS) is 12.5. The Morgan fingerprint density at radius 1 is 0.279 bits per heavy atom. The number of nitrogens with zero attached hydrogens (tertiary/aromatic N) is 2. The number of hydrogen-bond donors (Lipinski definition) is 0. The monoisotopic (exact) mass is 866 g/mol. The molecule has 1 aliphatic rings. The van der Waals surface area contributed by atoms with Gasteiger partial charge in [0.25, 0.3) is 0 Å². The highest BCUT2D eigenvalue weighted by Gasteiger charge is 2.46. The summed E-state index contributed by atoms with van der Waals surface area (Å²) in [6.07, 6.45) is 0. The van der Waals surface area contributed by atoms with Crippen LogP contribution in [0.4, 0.5) is 0 Å². The molecular formula is C65H42N2O. The lowest BCUT2D eigenvalue weighted by Gasteiger charge is -2.34. The van der Waals surface area contributed by atoms with E-state index in [1.807, 2.05) is 30.3 Å². The zero-order valence-electron chi connectivity index (χ0n) is 37.1. The quantitative estimate of drug-likeness (QED) is 0.153. The van der Waals surface area contributed by atoms with Gasteiger partial charge in [-0.3, -0.25) is 0 Å². The molecule has 2 heterocycles. The van der Waals surface area contributed by atoms with E-state index < -0.39 is 5.41 Å². The molecule has 318 valence electrons. The maximum absolute atomic E-state index is 6.23. The lowest BCUT2D eigenvalue weighted by atomic mass is 9.67. The highest BCUT2D eigenvalue weighted by molar-refractivity contribution is 6.06. The molecule has 0 unspecified atom stereocenters. The summed E-state index contributed by atoms with van der Waals surface area (Å²) in [5, 5.41) is 2.15. The Balaban J connectivity index is 0.988. The van der Waals surface area contributed by atoms with Crippen LogP contribution in [0.1, 0.15) is 22.3 Å². The van der Waals surface area contributed by atoms with Crippen LogP contribution in [-0.2, 0) is 5.41 Å². The third-order valence-corrected chi connectivity index (χ3v) is 13.8. The van der Waals surface area contributed by atoms with Crippen LogP contribution in [0.5, 0.6) is 0 Å². The highest BCUT2D eigenvalue weighted by Crippen LogP contribution is 2.57. The Labute approximate surface area is 395 Å². The van der Waals surface area contributed by atoms with E-state index in [2.05, 4.69) is 224 Å². The molecule has 68 heavy (non-hydrogen) atoms. The molecule has 1 aliphatic carbocycles. The highest BCUT2D eigenvalue weighted by atomic mass is 16.3. The van der Waals surface area contributed by atoms with E-state index >= 15 is 0 Å². The summed E-state index contributed by atoms with van der Waals surface area (Å²) in [6, 6.07) is 91.5. The first kappa shape index (κ1) is 39.4. The number of hydrogen-bond acceptors (Lipinski definition) is 3. The van der Waals surface area contributed by atoms with Gasteiger partial charge in [-0.15, -0.1) is 0 Å². The number of para-hydroxylation sites is 1. The van der Waals surface area contributed by atoms with Crippen molar-refractivity contribution in [3.63, 3.8) is 0 Å². The van der Waals surface area contributed by atoms with Crippen LogP contribution in [-0.4, -0.2) is 9.97 Å². The molecule has 0 saturated carbocycles. The minimum atomic E-state index is -0.601. The fourth-order valence-electron chi connectivity index (χ4n) is 10.6. The van der Waals surface area contributed by atoms with Crippen molar-refractivity contribution in [1.29, 1.82) is 0 Å². The van der Waals surface area contributed by atoms with Gasteiger partial charge in [-0.25, -0.2) is 9.97 Å². The van der Waals surface area contributed by atoms with E-state index in [9.17, 15) is 0 Å². The fourth-order valence-corrected chi connectivity index (χ4v) is 10.6. The van der Waals surface area contributed by atoms with Crippen LogP contribution in [0.25, 0.3) is 100 Å². The second-order valence-corrected chi connectivity index (χ2v) is 17.6. The molecule has 13 rings (SSSR count). The molecule has 2 aromatic heterocycles. The van der Waals surface area contributed by atoms with Gasteiger partial charge in [-0.05, 0) is 109 Å². The SMILES string of the molecule is c1ccc(-c2ccc(-c3ccc4c(c3)C(c3ccccc3)(c3ccccc3)c3cc(-c5ccccc5-c5cc(-c6ccc7oc8ccccc8c7c6)nc(-c6ccccc6)n5)ccc3-4)cc2)cc1. The second-order valence-electron chi connectivity index (χ2n) is 17.6. The molecule has 12 aromatic rings. The maximum Gasteiger partial charge on any atom is 0.160 e. The number of fused-ring (bicyclic) bond motifs is 6. The van der Waals surface area contributed by atoms with Gasteiger partial charge in [0.2, 0.25) is 0 Å². The largest absolute Gasteiger partial charge is 0.456 e. The maximum atomic E-state index is 6.23. The smallest absolute Gasteiger partial charge is 0.160 e. The minimum Gasteiger partial charge on any atom is -0.456 e. The molecule has 0 spiro atoms. The lowest BCUT2D eigenvalue weighted by molar-refractivity contribution is 0.669. The van der Waals surface area contributed by atoms with Crippen LogP contribution in [0.15, 0.2) is 259 Å². The Hall–Kier alpha value is -8.92. The van der Waals surface area contributed by atoms with Crippen molar-refractivity contribution in [2.45, 2.75) is 5.41 Å². The number of aromatic nitrogens is 2. The molecule has 0 atom stereocenters. The Morgan fingerprint density at radius 3 is 1.43 bits per heavy atom. The predicted octanol–water partition coefficient (Wildman–Crippen LogP) is 16.7. The van der Waals surface area contributed by atoms with Gasteiger partial charge in [0.1, 0.15) is 11.2 Å². The molecule has 0 amide bonds. The lowest BCUT2D eigenvalue weighted by Crippen LogP contribution is -2.28. The predicted molar refractivity (Wildman–Crippen MR) is 279 cm³/mol. The van der Waals surface area contributed by atoms with Crippen LogP contribution in [0.3, 0.4) is 0 Å². The van der Waals surface area contributed by atoms with Crippen molar-refractivity contribution < 1.29 is 4.42 Å². The Morgan fingerprint density at radius 2 is 0.750 bits per heavy atom. The first-order valence-electron chi connectivity index (χ1n) is 23.2. The summed E-state index contributed by atoms with van der Waals surface area (Å²) < 4.78 is 6.23. The summed E-state index contributed by atoms with van der Waals surface area (Å²) in [5.41, 5.74) is 20.3. The van der Waals surface area contributed by atoms with Gasteiger partial charge in [0.05, 0.1) is 16.8 Å². The van der Waals surface area contributed by atoms with Crippen molar-refractivity contribution in [2.75, 3.05) is 0 Å². The van der Waals surface area contributed by atoms with Crippen LogP contribution >= 0.6 is 0 Å². The molecule has 10 aromatic carbocycles. The van der Waals surface area contributed by atoms with Gasteiger partial charge in [-0.1, -0.05) is 212 Å². The average Bonchev–Trinajstić information content (AvgIpc) is 3.94. The van der Waals surface area contributed by atoms with Crippen molar-refractivity contribution >= 4 is 21.9 Å². The Kier molecular flexibility index (Phi) is 9.40. The third-order valence-electron chi connectivity index (χ3n) is 13.8. The van der Waals surface area contributed by atoms with Crippen molar-refractivity contribution in [2.24, 2.45) is 0 Å². The summed E-state index contributed by atoms with van der Waals surface area (Å²) in [4.78, 5) is 10.6. The fraction of sp³-hybridized carbons (Fsp3) is 0.0154. The standard InChI is InChI=1S/C65H42N2O/c1-5-17-43(18-6-1)44-29-31-45(32-30-44)47-33-36-53-54-37-34-48(41-59(54)65(58(53)40-47,50-21-9-3-10-22-50)51-23-11-4-12-24-51)52-25-13-14-26-55(52)61-42-60(66-64(67-61)46-19-7-2-8-20-46)49-35-38-63-57(39-49)56-27-15-16-28-62(56)68-63/h1-42H. The van der Waals surface area contributed by atoms with E-state index in [1.165, 1.54) is 55.6 Å². The summed E-state index contributed by atoms with van der Waals surface area (Å²) >= 11 is 0. The molecular weight excluding hydrogens is 825 g/mol. The van der Waals surface area contributed by atoms with E-state index in [4.69, 9.17) is 14.4 Å². The van der Waals surface area contributed by atoms with Gasteiger partial charge in [-0.2, -0.15) is 0 Å². The third kappa shape index (κ3) is 6.51. The summed E-state index contributed by atoms with van der Waals surface area (Å²) in [7, 11) is 0. The topological polar surface area (TPSA) is 38.9 Å².